The molecule has 0 radical (unpaired) electrons. The third-order valence-electron chi connectivity index (χ3n) is 5.84. The summed E-state index contributed by atoms with van der Waals surface area (Å²) in [4.78, 5) is 5.96. The molecule has 0 N–H and O–H groups in total. The summed E-state index contributed by atoms with van der Waals surface area (Å²) in [6.45, 7) is 5.03. The summed E-state index contributed by atoms with van der Waals surface area (Å²) in [5, 5.41) is 2.12. The van der Waals surface area contributed by atoms with E-state index in [0.717, 1.165) is 55.9 Å². The summed E-state index contributed by atoms with van der Waals surface area (Å²) in [6.07, 6.45) is 0. The van der Waals surface area contributed by atoms with E-state index in [1.165, 1.54) is 5.56 Å². The van der Waals surface area contributed by atoms with Crippen molar-refractivity contribution in [2.75, 3.05) is 21.0 Å². The number of fused-ring (bicyclic) bond motifs is 1. The maximum Gasteiger partial charge on any atom is 0.231 e. The topological polar surface area (TPSA) is 54.2 Å². The molecule has 5 rings (SSSR count). The van der Waals surface area contributed by atoms with E-state index in [1.54, 1.807) is 25.6 Å². The molecule has 0 atom stereocenters. The maximum absolute atomic E-state index is 5.70. The van der Waals surface area contributed by atoms with Crippen molar-refractivity contribution in [1.82, 2.24) is 4.57 Å². The molecule has 0 saturated heterocycles. The van der Waals surface area contributed by atoms with Gasteiger partial charge in [0.1, 0.15) is 11.5 Å². The van der Waals surface area contributed by atoms with Crippen molar-refractivity contribution in [2.24, 2.45) is 4.99 Å². The first-order chi connectivity index (χ1) is 16.6. The molecule has 6 nitrogen and oxygen atoms in total. The summed E-state index contributed by atoms with van der Waals surface area (Å²) in [6, 6.07) is 18.2. The average molecular weight is 475 g/mol. The predicted octanol–water partition coefficient (Wildman–Crippen LogP) is 5.86. The van der Waals surface area contributed by atoms with Crippen LogP contribution < -0.4 is 23.7 Å². The van der Waals surface area contributed by atoms with Crippen LogP contribution in [0.25, 0.3) is 11.3 Å². The first-order valence-corrected chi connectivity index (χ1v) is 11.8. The normalized spacial score (nSPS) is 12.8. The van der Waals surface area contributed by atoms with Crippen LogP contribution in [-0.2, 0) is 6.54 Å². The van der Waals surface area contributed by atoms with Gasteiger partial charge in [-0.1, -0.05) is 18.2 Å². The lowest BCUT2D eigenvalue weighted by Gasteiger charge is -2.14. The van der Waals surface area contributed by atoms with Gasteiger partial charge in [0.25, 0.3) is 0 Å². The van der Waals surface area contributed by atoms with Crippen LogP contribution in [-0.4, -0.2) is 25.6 Å². The van der Waals surface area contributed by atoms with E-state index in [9.17, 15) is 0 Å². The van der Waals surface area contributed by atoms with Gasteiger partial charge in [-0.25, -0.2) is 4.99 Å². The second-order valence-electron chi connectivity index (χ2n) is 8.15. The van der Waals surface area contributed by atoms with Gasteiger partial charge in [-0.2, -0.15) is 0 Å². The zero-order valence-corrected chi connectivity index (χ0v) is 20.4. The Balaban J connectivity index is 1.69. The van der Waals surface area contributed by atoms with Gasteiger partial charge >= 0.3 is 0 Å². The Hall–Kier alpha value is -3.71. The lowest BCUT2D eigenvalue weighted by Crippen LogP contribution is -2.17. The third kappa shape index (κ3) is 4.26. The van der Waals surface area contributed by atoms with Crippen molar-refractivity contribution < 1.29 is 18.9 Å². The van der Waals surface area contributed by atoms with Crippen molar-refractivity contribution in [3.8, 4) is 34.3 Å². The first-order valence-electron chi connectivity index (χ1n) is 11.0. The van der Waals surface area contributed by atoms with Crippen LogP contribution in [0.2, 0.25) is 0 Å². The van der Waals surface area contributed by atoms with Crippen LogP contribution in [0.15, 0.2) is 65.0 Å². The molecule has 3 aromatic carbocycles. The molecule has 0 aliphatic carbocycles. The molecular weight excluding hydrogens is 448 g/mol. The second-order valence-corrected chi connectivity index (χ2v) is 8.98. The Morgan fingerprint density at radius 2 is 1.79 bits per heavy atom. The van der Waals surface area contributed by atoms with Crippen LogP contribution in [0.3, 0.4) is 0 Å². The quantitative estimate of drug-likeness (QED) is 0.351. The van der Waals surface area contributed by atoms with Gasteiger partial charge in [0.05, 0.1) is 32.1 Å². The van der Waals surface area contributed by atoms with Crippen LogP contribution in [0, 0.1) is 13.8 Å². The van der Waals surface area contributed by atoms with E-state index in [4.69, 9.17) is 23.9 Å². The molecule has 0 amide bonds. The number of benzene rings is 3. The maximum atomic E-state index is 5.70. The van der Waals surface area contributed by atoms with Gasteiger partial charge in [-0.15, -0.1) is 11.3 Å². The van der Waals surface area contributed by atoms with Crippen LogP contribution in [0.1, 0.15) is 16.7 Å². The molecule has 7 heteroatoms. The molecule has 0 unspecified atom stereocenters. The first kappa shape index (κ1) is 22.1. The van der Waals surface area contributed by atoms with Crippen molar-refractivity contribution in [2.45, 2.75) is 20.4 Å². The van der Waals surface area contributed by atoms with Crippen molar-refractivity contribution in [3.63, 3.8) is 0 Å². The van der Waals surface area contributed by atoms with E-state index < -0.39 is 0 Å². The smallest absolute Gasteiger partial charge is 0.231 e. The minimum absolute atomic E-state index is 0.254. The predicted molar refractivity (Wildman–Crippen MR) is 134 cm³/mol. The highest BCUT2D eigenvalue weighted by Crippen LogP contribution is 2.36. The highest BCUT2D eigenvalue weighted by Gasteiger charge is 2.17. The molecule has 0 fully saturated rings. The molecule has 0 bridgehead atoms. The van der Waals surface area contributed by atoms with E-state index >= 15 is 0 Å². The number of aryl methyl sites for hydroxylation is 2. The molecule has 1 aliphatic heterocycles. The molecule has 0 spiro atoms. The number of rotatable bonds is 6. The van der Waals surface area contributed by atoms with E-state index in [1.807, 2.05) is 30.3 Å². The molecule has 1 aromatic heterocycles. The Labute approximate surface area is 202 Å². The summed E-state index contributed by atoms with van der Waals surface area (Å²) < 4.78 is 24.5. The molecular formula is C27H26N2O4S. The molecule has 2 heterocycles. The van der Waals surface area contributed by atoms with Gasteiger partial charge < -0.3 is 23.5 Å². The standard InChI is InChI=1S/C27H26N2O4S/c1-17-5-6-18(2)22(11-17)28-27-29(14-19-7-9-25-26(12-19)33-16-32-25)23(15-34-27)21-13-20(30-3)8-10-24(21)31-4/h5-13,15H,14,16H2,1-4H3. The number of ether oxygens (including phenoxy) is 4. The van der Waals surface area contributed by atoms with E-state index in [2.05, 4.69) is 48.1 Å². The number of hydrogen-bond acceptors (Lipinski definition) is 6. The molecule has 174 valence electrons. The van der Waals surface area contributed by atoms with Crippen molar-refractivity contribution in [3.05, 3.63) is 81.5 Å². The fourth-order valence-corrected chi connectivity index (χ4v) is 4.88. The Bertz CT molecular complexity index is 1420. The monoisotopic (exact) mass is 474 g/mol. The van der Waals surface area contributed by atoms with Gasteiger partial charge in [0.2, 0.25) is 6.79 Å². The lowest BCUT2D eigenvalue weighted by molar-refractivity contribution is 0.174. The lowest BCUT2D eigenvalue weighted by atomic mass is 10.1. The second kappa shape index (κ2) is 9.27. The van der Waals surface area contributed by atoms with Gasteiger partial charge in [-0.05, 0) is 66.9 Å². The average Bonchev–Trinajstić information content (AvgIpc) is 3.48. The van der Waals surface area contributed by atoms with Crippen LogP contribution in [0.4, 0.5) is 5.69 Å². The van der Waals surface area contributed by atoms with Gasteiger partial charge in [0, 0.05) is 10.9 Å². The number of thiazole rings is 1. The SMILES string of the molecule is COc1ccc(OC)c(-c2csc(=Nc3cc(C)ccc3C)n2Cc2ccc3c(c2)OCO3)c1. The zero-order valence-electron chi connectivity index (χ0n) is 19.6. The fraction of sp³-hybridized carbons (Fsp3) is 0.222. The van der Waals surface area contributed by atoms with Gasteiger partial charge in [0.15, 0.2) is 16.3 Å². The van der Waals surface area contributed by atoms with Crippen LogP contribution in [0.5, 0.6) is 23.0 Å². The molecule has 0 saturated carbocycles. The largest absolute Gasteiger partial charge is 0.497 e. The van der Waals surface area contributed by atoms with Gasteiger partial charge in [-0.3, -0.25) is 0 Å². The Kier molecular flexibility index (Phi) is 6.02. The van der Waals surface area contributed by atoms with E-state index in [-0.39, 0.29) is 6.79 Å². The van der Waals surface area contributed by atoms with Crippen molar-refractivity contribution in [1.29, 1.82) is 0 Å². The Morgan fingerprint density at radius 3 is 2.62 bits per heavy atom. The van der Waals surface area contributed by atoms with Crippen molar-refractivity contribution >= 4 is 17.0 Å². The molecule has 34 heavy (non-hydrogen) atoms. The third-order valence-corrected chi connectivity index (χ3v) is 6.70. The molecule has 1 aliphatic rings. The molecule has 4 aromatic rings. The summed E-state index contributed by atoms with van der Waals surface area (Å²) in [5.41, 5.74) is 6.31. The number of methoxy groups -OCH3 is 2. The highest BCUT2D eigenvalue weighted by atomic mass is 32.1. The number of aromatic nitrogens is 1. The highest BCUT2D eigenvalue weighted by molar-refractivity contribution is 7.07. The fourth-order valence-electron chi connectivity index (χ4n) is 3.97. The summed E-state index contributed by atoms with van der Waals surface area (Å²) in [5.74, 6) is 3.08. The summed E-state index contributed by atoms with van der Waals surface area (Å²) in [7, 11) is 3.35. The summed E-state index contributed by atoms with van der Waals surface area (Å²) >= 11 is 1.60. The minimum Gasteiger partial charge on any atom is -0.497 e. The van der Waals surface area contributed by atoms with Crippen LogP contribution >= 0.6 is 11.3 Å². The number of hydrogen-bond donors (Lipinski definition) is 0. The zero-order chi connectivity index (χ0) is 23.7. The Morgan fingerprint density at radius 1 is 0.941 bits per heavy atom. The van der Waals surface area contributed by atoms with E-state index in [0.29, 0.717) is 6.54 Å². The minimum atomic E-state index is 0.254. The number of nitrogens with zero attached hydrogens (tertiary/aromatic N) is 2.